The van der Waals surface area contributed by atoms with Crippen LogP contribution in [0.2, 0.25) is 0 Å². The van der Waals surface area contributed by atoms with E-state index in [9.17, 15) is 8.42 Å². The number of hydrogen-bond donors (Lipinski definition) is 0. The van der Waals surface area contributed by atoms with Gasteiger partial charge in [-0.25, -0.2) is 17.9 Å². The molecule has 0 atom stereocenters. The Balaban J connectivity index is 2.22. The molecule has 0 amide bonds. The number of hydrogen-bond acceptors (Lipinski definition) is 6. The summed E-state index contributed by atoms with van der Waals surface area (Å²) in [6.45, 7) is 0. The van der Waals surface area contributed by atoms with Crippen LogP contribution in [0.4, 0.5) is 5.69 Å². The molecule has 0 bridgehead atoms. The molecule has 0 aliphatic rings. The van der Waals surface area contributed by atoms with Gasteiger partial charge in [-0.1, -0.05) is 0 Å². The van der Waals surface area contributed by atoms with Crippen LogP contribution in [0.1, 0.15) is 0 Å². The normalized spacial score (nSPS) is 11.6. The third kappa shape index (κ3) is 2.63. The van der Waals surface area contributed by atoms with Crippen molar-refractivity contribution >= 4 is 37.3 Å². The van der Waals surface area contributed by atoms with Crippen LogP contribution in [0.15, 0.2) is 46.3 Å². The van der Waals surface area contributed by atoms with Crippen molar-refractivity contribution in [2.45, 2.75) is 4.90 Å². The highest BCUT2D eigenvalue weighted by Gasteiger charge is 2.32. The van der Waals surface area contributed by atoms with Gasteiger partial charge >= 0.3 is 0 Å². The first-order valence-electron chi connectivity index (χ1n) is 6.42. The maximum absolute atomic E-state index is 13.0. The summed E-state index contributed by atoms with van der Waals surface area (Å²) in [6, 6.07) is 3.30. The minimum absolute atomic E-state index is 0.0219. The van der Waals surface area contributed by atoms with Gasteiger partial charge in [0, 0.05) is 25.6 Å². The number of rotatable bonds is 4. The van der Waals surface area contributed by atoms with E-state index in [0.717, 1.165) is 4.31 Å². The third-order valence-corrected chi connectivity index (χ3v) is 5.40. The van der Waals surface area contributed by atoms with Gasteiger partial charge in [-0.05, 0) is 28.1 Å². The Morgan fingerprint density at radius 3 is 2.78 bits per heavy atom. The molecular formula is C13H12BrN5O3S. The fourth-order valence-electron chi connectivity index (χ4n) is 2.05. The molecule has 0 spiro atoms. The fraction of sp³-hybridized carbons (Fsp3) is 0.154. The monoisotopic (exact) mass is 397 g/mol. The molecule has 3 heterocycles. The Hall–Kier alpha value is -2.20. The highest BCUT2D eigenvalue weighted by atomic mass is 79.9. The number of aromatic nitrogens is 4. The van der Waals surface area contributed by atoms with E-state index >= 15 is 0 Å². The molecule has 8 nitrogen and oxygen atoms in total. The van der Waals surface area contributed by atoms with Gasteiger partial charge in [-0.3, -0.25) is 9.29 Å². The molecule has 0 saturated heterocycles. The second kappa shape index (κ2) is 5.78. The predicted molar refractivity (Wildman–Crippen MR) is 87.1 cm³/mol. The molecule has 0 aliphatic carbocycles. The number of ether oxygens (including phenoxy) is 1. The number of anilines is 1. The second-order valence-corrected chi connectivity index (χ2v) is 7.38. The second-order valence-electron chi connectivity index (χ2n) is 4.56. The van der Waals surface area contributed by atoms with Crippen molar-refractivity contribution in [3.8, 4) is 5.88 Å². The van der Waals surface area contributed by atoms with Crippen LogP contribution in [-0.2, 0) is 10.0 Å². The lowest BCUT2D eigenvalue weighted by Gasteiger charge is -2.18. The fourth-order valence-corrected chi connectivity index (χ4v) is 3.72. The van der Waals surface area contributed by atoms with Crippen molar-refractivity contribution in [1.29, 1.82) is 0 Å². The summed E-state index contributed by atoms with van der Waals surface area (Å²) in [5.41, 5.74) is 0.604. The van der Waals surface area contributed by atoms with E-state index in [0.29, 0.717) is 10.2 Å². The number of halogens is 1. The van der Waals surface area contributed by atoms with Crippen LogP contribution in [0.25, 0.3) is 5.65 Å². The van der Waals surface area contributed by atoms with Gasteiger partial charge in [0.1, 0.15) is 0 Å². The van der Waals surface area contributed by atoms with Crippen molar-refractivity contribution in [2.75, 3.05) is 18.5 Å². The van der Waals surface area contributed by atoms with Crippen molar-refractivity contribution in [3.05, 3.63) is 41.4 Å². The van der Waals surface area contributed by atoms with Gasteiger partial charge < -0.3 is 4.74 Å². The van der Waals surface area contributed by atoms with Crippen LogP contribution in [0, 0.1) is 0 Å². The zero-order valence-electron chi connectivity index (χ0n) is 12.2. The van der Waals surface area contributed by atoms with Gasteiger partial charge in [-0.15, -0.1) is 5.10 Å². The lowest BCUT2D eigenvalue weighted by atomic mass is 10.4. The number of pyridine rings is 1. The van der Waals surface area contributed by atoms with E-state index in [1.807, 2.05) is 0 Å². The Morgan fingerprint density at radius 2 is 2.13 bits per heavy atom. The summed E-state index contributed by atoms with van der Waals surface area (Å²) in [4.78, 5) is 7.98. The Labute approximate surface area is 140 Å². The maximum Gasteiger partial charge on any atom is 0.273 e. The van der Waals surface area contributed by atoms with Crippen LogP contribution < -0.4 is 9.04 Å². The molecule has 0 aromatic carbocycles. The van der Waals surface area contributed by atoms with E-state index < -0.39 is 10.0 Å². The third-order valence-electron chi connectivity index (χ3n) is 3.19. The molecule has 0 unspecified atom stereocenters. The number of nitrogens with zero attached hydrogens (tertiary/aromatic N) is 5. The molecule has 120 valence electrons. The Bertz CT molecular complexity index is 958. The molecule has 3 aromatic heterocycles. The first kappa shape index (κ1) is 15.7. The zero-order valence-corrected chi connectivity index (χ0v) is 14.6. The van der Waals surface area contributed by atoms with Crippen molar-refractivity contribution in [3.63, 3.8) is 0 Å². The molecule has 0 N–H and O–H groups in total. The van der Waals surface area contributed by atoms with Crippen LogP contribution >= 0.6 is 15.9 Å². The van der Waals surface area contributed by atoms with E-state index in [1.165, 1.54) is 31.1 Å². The first-order valence-corrected chi connectivity index (χ1v) is 8.65. The minimum Gasteiger partial charge on any atom is -0.479 e. The van der Waals surface area contributed by atoms with E-state index in [1.54, 1.807) is 24.5 Å². The lowest BCUT2D eigenvalue weighted by molar-refractivity contribution is 0.385. The average molecular weight is 398 g/mol. The van der Waals surface area contributed by atoms with Crippen molar-refractivity contribution in [2.24, 2.45) is 0 Å². The van der Waals surface area contributed by atoms with Gasteiger partial charge in [0.25, 0.3) is 15.9 Å². The number of methoxy groups -OCH3 is 1. The first-order chi connectivity index (χ1) is 10.9. The topological polar surface area (TPSA) is 89.7 Å². The zero-order chi connectivity index (χ0) is 16.6. The van der Waals surface area contributed by atoms with E-state index in [4.69, 9.17) is 4.74 Å². The van der Waals surface area contributed by atoms with E-state index in [2.05, 4.69) is 31.0 Å². The van der Waals surface area contributed by atoms with Crippen molar-refractivity contribution < 1.29 is 13.2 Å². The Morgan fingerprint density at radius 1 is 1.35 bits per heavy atom. The summed E-state index contributed by atoms with van der Waals surface area (Å²) < 4.78 is 34.2. The minimum atomic E-state index is -3.92. The number of sulfonamides is 1. The highest BCUT2D eigenvalue weighted by molar-refractivity contribution is 9.10. The Kier molecular flexibility index (Phi) is 3.94. The van der Waals surface area contributed by atoms with Crippen LogP contribution in [0.3, 0.4) is 0 Å². The summed E-state index contributed by atoms with van der Waals surface area (Å²) in [6.07, 6.45) is 6.13. The molecule has 3 rings (SSSR count). The van der Waals surface area contributed by atoms with Gasteiger partial charge in [0.15, 0.2) is 10.5 Å². The largest absolute Gasteiger partial charge is 0.479 e. The smallest absolute Gasteiger partial charge is 0.273 e. The highest BCUT2D eigenvalue weighted by Crippen LogP contribution is 2.31. The summed E-state index contributed by atoms with van der Waals surface area (Å²) in [5, 5.41) is 4.11. The molecule has 0 radical (unpaired) electrons. The number of fused-ring (bicyclic) bond motifs is 1. The molecule has 23 heavy (non-hydrogen) atoms. The summed E-state index contributed by atoms with van der Waals surface area (Å²) in [7, 11) is -1.12. The molecule has 3 aromatic rings. The van der Waals surface area contributed by atoms with Crippen LogP contribution in [0.5, 0.6) is 5.88 Å². The van der Waals surface area contributed by atoms with Gasteiger partial charge in [0.05, 0.1) is 23.5 Å². The van der Waals surface area contributed by atoms with Gasteiger partial charge in [-0.2, -0.15) is 0 Å². The standard InChI is InChI=1S/C13H12BrN5O3S/c1-18(10-4-3-5-15-7-10)23(20,21)11-12-16-6-9(14)8-19(12)17-13(11)22-2/h3-8H,1-2H3. The van der Waals surface area contributed by atoms with E-state index in [-0.39, 0.29) is 16.4 Å². The average Bonchev–Trinajstić information content (AvgIpc) is 2.93. The molecular weight excluding hydrogens is 386 g/mol. The lowest BCUT2D eigenvalue weighted by Crippen LogP contribution is -2.27. The van der Waals surface area contributed by atoms with Crippen LogP contribution in [-0.4, -0.2) is 42.2 Å². The maximum atomic E-state index is 13.0. The van der Waals surface area contributed by atoms with Crippen molar-refractivity contribution in [1.82, 2.24) is 19.6 Å². The molecule has 10 heteroatoms. The molecule has 0 fully saturated rings. The molecule has 0 aliphatic heterocycles. The van der Waals surface area contributed by atoms with Gasteiger partial charge in [0.2, 0.25) is 0 Å². The summed E-state index contributed by atoms with van der Waals surface area (Å²) >= 11 is 3.27. The molecule has 0 saturated carbocycles. The quantitative estimate of drug-likeness (QED) is 0.665. The SMILES string of the molecule is COc1nn2cc(Br)cnc2c1S(=O)(=O)N(C)c1cccnc1. The predicted octanol–water partition coefficient (Wildman–Crippen LogP) is 1.72. The summed E-state index contributed by atoms with van der Waals surface area (Å²) in [5.74, 6) is -0.0219.